The minimum atomic E-state index is 0.413. The summed E-state index contributed by atoms with van der Waals surface area (Å²) in [4.78, 5) is 4.34. The van der Waals surface area contributed by atoms with E-state index < -0.39 is 0 Å². The maximum Gasteiger partial charge on any atom is 0.193 e. The highest BCUT2D eigenvalue weighted by Crippen LogP contribution is 2.16. The van der Waals surface area contributed by atoms with E-state index in [9.17, 15) is 0 Å². The van der Waals surface area contributed by atoms with E-state index in [0.29, 0.717) is 12.5 Å². The largest absolute Gasteiger partial charge is 0.497 e. The van der Waals surface area contributed by atoms with Gasteiger partial charge in [0.05, 0.1) is 7.11 Å². The quantitative estimate of drug-likeness (QED) is 0.655. The molecule has 110 valence electrons. The van der Waals surface area contributed by atoms with Gasteiger partial charge in [-0.05, 0) is 31.0 Å². The molecule has 0 aliphatic carbocycles. The molecule has 0 fully saturated rings. The molecule has 0 saturated carbocycles. The topological polar surface area (TPSA) is 59.6 Å². The molecule has 2 rings (SSSR count). The number of nitrogens with two attached hydrogens (primary N) is 1. The molecule has 21 heavy (non-hydrogen) atoms. The van der Waals surface area contributed by atoms with Crippen molar-refractivity contribution in [2.45, 2.75) is 13.3 Å². The monoisotopic (exact) mass is 283 g/mol. The van der Waals surface area contributed by atoms with Gasteiger partial charge < -0.3 is 15.8 Å². The smallest absolute Gasteiger partial charge is 0.193 e. The fourth-order valence-electron chi connectivity index (χ4n) is 2.06. The van der Waals surface area contributed by atoms with Crippen LogP contribution in [0.5, 0.6) is 5.75 Å². The molecule has 4 nitrogen and oxygen atoms in total. The molecule has 0 aliphatic heterocycles. The Morgan fingerprint density at radius 1 is 1.19 bits per heavy atom. The highest BCUT2D eigenvalue weighted by atomic mass is 16.5. The summed E-state index contributed by atoms with van der Waals surface area (Å²) in [7, 11) is 1.64. The summed E-state index contributed by atoms with van der Waals surface area (Å²) in [6, 6.07) is 16.0. The third-order valence-electron chi connectivity index (χ3n) is 3.11. The number of benzene rings is 2. The zero-order chi connectivity index (χ0) is 15.1. The van der Waals surface area contributed by atoms with Crippen LogP contribution in [-0.2, 0) is 6.42 Å². The Balaban J connectivity index is 1.89. The lowest BCUT2D eigenvalue weighted by Crippen LogP contribution is -2.23. The summed E-state index contributed by atoms with van der Waals surface area (Å²) >= 11 is 0. The van der Waals surface area contributed by atoms with E-state index in [1.54, 1.807) is 7.11 Å². The number of ether oxygens (including phenoxy) is 1. The molecule has 0 saturated heterocycles. The van der Waals surface area contributed by atoms with Crippen molar-refractivity contribution < 1.29 is 4.74 Å². The number of methoxy groups -OCH3 is 1. The fourth-order valence-corrected chi connectivity index (χ4v) is 2.06. The van der Waals surface area contributed by atoms with E-state index in [0.717, 1.165) is 17.9 Å². The lowest BCUT2D eigenvalue weighted by molar-refractivity contribution is 0.415. The van der Waals surface area contributed by atoms with Crippen molar-refractivity contribution >= 4 is 11.6 Å². The van der Waals surface area contributed by atoms with Crippen molar-refractivity contribution in [2.24, 2.45) is 10.7 Å². The van der Waals surface area contributed by atoms with E-state index in [1.807, 2.05) is 24.3 Å². The SMILES string of the molecule is COc1cccc(NC(N)=NCCc2cccc(C)c2)c1. The summed E-state index contributed by atoms with van der Waals surface area (Å²) in [6.45, 7) is 2.75. The van der Waals surface area contributed by atoms with Crippen LogP contribution in [0, 0.1) is 6.92 Å². The molecule has 0 bridgehead atoms. The van der Waals surface area contributed by atoms with Crippen molar-refractivity contribution in [1.82, 2.24) is 0 Å². The van der Waals surface area contributed by atoms with Crippen LogP contribution in [0.1, 0.15) is 11.1 Å². The van der Waals surface area contributed by atoms with Gasteiger partial charge in [0.15, 0.2) is 5.96 Å². The molecule has 0 amide bonds. The van der Waals surface area contributed by atoms with Crippen LogP contribution in [0.25, 0.3) is 0 Å². The van der Waals surface area contributed by atoms with Gasteiger partial charge in [0.25, 0.3) is 0 Å². The third kappa shape index (κ3) is 4.84. The molecule has 0 heterocycles. The first-order valence-corrected chi connectivity index (χ1v) is 6.94. The summed E-state index contributed by atoms with van der Waals surface area (Å²) in [5, 5.41) is 3.06. The standard InChI is InChI=1S/C17H21N3O/c1-13-5-3-6-14(11-13)9-10-19-17(18)20-15-7-4-8-16(12-15)21-2/h3-8,11-12H,9-10H2,1-2H3,(H3,18,19,20). The number of rotatable bonds is 5. The molecule has 2 aromatic carbocycles. The minimum Gasteiger partial charge on any atom is -0.497 e. The molecule has 0 atom stereocenters. The Morgan fingerprint density at radius 2 is 2.00 bits per heavy atom. The Kier molecular flexibility index (Phi) is 5.21. The van der Waals surface area contributed by atoms with Crippen LogP contribution in [-0.4, -0.2) is 19.6 Å². The first kappa shape index (κ1) is 14.9. The molecule has 0 spiro atoms. The molecular formula is C17H21N3O. The van der Waals surface area contributed by atoms with Gasteiger partial charge in [-0.2, -0.15) is 0 Å². The minimum absolute atomic E-state index is 0.413. The zero-order valence-corrected chi connectivity index (χ0v) is 12.5. The van der Waals surface area contributed by atoms with Gasteiger partial charge in [-0.3, -0.25) is 4.99 Å². The summed E-state index contributed by atoms with van der Waals surface area (Å²) in [5.41, 5.74) is 9.29. The Morgan fingerprint density at radius 3 is 2.76 bits per heavy atom. The third-order valence-corrected chi connectivity index (χ3v) is 3.11. The van der Waals surface area contributed by atoms with Gasteiger partial charge in [0.1, 0.15) is 5.75 Å². The molecule has 0 aromatic heterocycles. The number of anilines is 1. The second kappa shape index (κ2) is 7.33. The van der Waals surface area contributed by atoms with E-state index in [-0.39, 0.29) is 0 Å². The fraction of sp³-hybridized carbons (Fsp3) is 0.235. The van der Waals surface area contributed by atoms with Crippen molar-refractivity contribution in [2.75, 3.05) is 19.0 Å². The molecule has 3 N–H and O–H groups in total. The van der Waals surface area contributed by atoms with Crippen molar-refractivity contribution in [3.63, 3.8) is 0 Å². The average molecular weight is 283 g/mol. The van der Waals surface area contributed by atoms with Crippen molar-refractivity contribution in [3.8, 4) is 5.75 Å². The van der Waals surface area contributed by atoms with Gasteiger partial charge in [0, 0.05) is 18.3 Å². The van der Waals surface area contributed by atoms with Gasteiger partial charge in [0.2, 0.25) is 0 Å². The molecule has 0 unspecified atom stereocenters. The predicted molar refractivity (Wildman–Crippen MR) is 88.0 cm³/mol. The molecular weight excluding hydrogens is 262 g/mol. The van der Waals surface area contributed by atoms with Crippen LogP contribution >= 0.6 is 0 Å². The molecule has 4 heteroatoms. The number of hydrogen-bond acceptors (Lipinski definition) is 2. The number of guanidine groups is 1. The van der Waals surface area contributed by atoms with E-state index in [1.165, 1.54) is 11.1 Å². The normalized spacial score (nSPS) is 11.2. The first-order valence-electron chi connectivity index (χ1n) is 6.94. The first-order chi connectivity index (χ1) is 10.2. The van der Waals surface area contributed by atoms with Crippen LogP contribution in [0.4, 0.5) is 5.69 Å². The Labute approximate surface area is 125 Å². The van der Waals surface area contributed by atoms with Crippen LogP contribution in [0.2, 0.25) is 0 Å². The maximum absolute atomic E-state index is 5.89. The predicted octanol–water partition coefficient (Wildman–Crippen LogP) is 2.97. The second-order valence-electron chi connectivity index (χ2n) is 4.86. The van der Waals surface area contributed by atoms with Crippen LogP contribution in [0.3, 0.4) is 0 Å². The lowest BCUT2D eigenvalue weighted by atomic mass is 10.1. The van der Waals surface area contributed by atoms with Crippen molar-refractivity contribution in [1.29, 1.82) is 0 Å². The maximum atomic E-state index is 5.89. The summed E-state index contributed by atoms with van der Waals surface area (Å²) < 4.78 is 5.17. The molecule has 2 aromatic rings. The van der Waals surface area contributed by atoms with E-state index in [2.05, 4.69) is 41.5 Å². The zero-order valence-electron chi connectivity index (χ0n) is 12.5. The number of aryl methyl sites for hydroxylation is 1. The average Bonchev–Trinajstić information content (AvgIpc) is 2.47. The molecule has 0 radical (unpaired) electrons. The Bertz CT molecular complexity index is 623. The van der Waals surface area contributed by atoms with Crippen LogP contribution < -0.4 is 15.8 Å². The second-order valence-corrected chi connectivity index (χ2v) is 4.86. The number of hydrogen-bond donors (Lipinski definition) is 2. The number of aliphatic imine (C=N–C) groups is 1. The van der Waals surface area contributed by atoms with Gasteiger partial charge in [-0.15, -0.1) is 0 Å². The highest BCUT2D eigenvalue weighted by molar-refractivity contribution is 5.92. The number of nitrogens with one attached hydrogen (secondary N) is 1. The summed E-state index contributed by atoms with van der Waals surface area (Å²) in [6.07, 6.45) is 0.877. The molecule has 0 aliphatic rings. The van der Waals surface area contributed by atoms with Crippen LogP contribution in [0.15, 0.2) is 53.5 Å². The van der Waals surface area contributed by atoms with E-state index >= 15 is 0 Å². The lowest BCUT2D eigenvalue weighted by Gasteiger charge is -2.07. The highest BCUT2D eigenvalue weighted by Gasteiger charge is 1.98. The Hall–Kier alpha value is -2.49. The summed E-state index contributed by atoms with van der Waals surface area (Å²) in [5.74, 6) is 1.20. The van der Waals surface area contributed by atoms with Gasteiger partial charge in [-0.1, -0.05) is 35.9 Å². The van der Waals surface area contributed by atoms with E-state index in [4.69, 9.17) is 10.5 Å². The van der Waals surface area contributed by atoms with Gasteiger partial charge >= 0.3 is 0 Å². The van der Waals surface area contributed by atoms with Gasteiger partial charge in [-0.25, -0.2) is 0 Å². The number of nitrogens with zero attached hydrogens (tertiary/aromatic N) is 1. The van der Waals surface area contributed by atoms with Crippen molar-refractivity contribution in [3.05, 3.63) is 59.7 Å².